The summed E-state index contributed by atoms with van der Waals surface area (Å²) in [5.41, 5.74) is 0. The van der Waals surface area contributed by atoms with Gasteiger partial charge in [0, 0.05) is 31.7 Å². The summed E-state index contributed by atoms with van der Waals surface area (Å²) in [5.74, 6) is 1.69. The highest BCUT2D eigenvalue weighted by Gasteiger charge is 2.24. The number of aromatic nitrogens is 1. The number of nitrogens with zero attached hydrogens (tertiary/aromatic N) is 2. The highest BCUT2D eigenvalue weighted by atomic mass is 16.5. The molecule has 2 heterocycles. The van der Waals surface area contributed by atoms with Gasteiger partial charge in [-0.05, 0) is 12.3 Å². The molecule has 1 atom stereocenters. The molecule has 0 amide bonds. The van der Waals surface area contributed by atoms with Gasteiger partial charge < -0.3 is 14.7 Å². The van der Waals surface area contributed by atoms with E-state index in [1.165, 1.54) is 6.42 Å². The first-order valence-corrected chi connectivity index (χ1v) is 5.65. The van der Waals surface area contributed by atoms with Crippen LogP contribution in [0.2, 0.25) is 0 Å². The first kappa shape index (κ1) is 10.5. The number of hydrogen-bond acceptors (Lipinski definition) is 4. The van der Waals surface area contributed by atoms with E-state index in [0.717, 1.165) is 25.5 Å². The molecule has 1 aliphatic heterocycles. The van der Waals surface area contributed by atoms with Gasteiger partial charge in [-0.1, -0.05) is 19.0 Å². The number of hydrogen-bond donors (Lipinski definition) is 1. The summed E-state index contributed by atoms with van der Waals surface area (Å²) < 4.78 is 4.91. The molecule has 0 aliphatic carbocycles. The van der Waals surface area contributed by atoms with Gasteiger partial charge in [-0.2, -0.15) is 0 Å². The van der Waals surface area contributed by atoms with Gasteiger partial charge in [0.2, 0.25) is 0 Å². The lowest BCUT2D eigenvalue weighted by molar-refractivity contribution is 0.385. The molecule has 1 aromatic heterocycles. The molecule has 0 aromatic carbocycles. The summed E-state index contributed by atoms with van der Waals surface area (Å²) in [6.07, 6.45) is 2.84. The molecular weight excluding hydrogens is 190 g/mol. The topological polar surface area (TPSA) is 41.3 Å². The van der Waals surface area contributed by atoms with E-state index in [1.807, 2.05) is 6.07 Å². The molecule has 1 aromatic rings. The van der Waals surface area contributed by atoms with Crippen molar-refractivity contribution in [1.82, 2.24) is 10.5 Å². The lowest BCUT2D eigenvalue weighted by Gasteiger charge is -2.37. The number of piperazine rings is 1. The van der Waals surface area contributed by atoms with Crippen molar-refractivity contribution in [3.63, 3.8) is 0 Å². The standard InChI is InChI=1S/C11H19N3O/c1-9(2)7-10-8-12-4-5-14(10)11-3-6-15-13-11/h3,6,9-10,12H,4-5,7-8H2,1-2H3. The number of rotatable bonds is 3. The fraction of sp³-hybridized carbons (Fsp3) is 0.727. The van der Waals surface area contributed by atoms with Crippen LogP contribution < -0.4 is 10.2 Å². The van der Waals surface area contributed by atoms with Crippen molar-refractivity contribution in [3.8, 4) is 0 Å². The van der Waals surface area contributed by atoms with Gasteiger partial charge in [0.05, 0.1) is 0 Å². The fourth-order valence-electron chi connectivity index (χ4n) is 2.17. The van der Waals surface area contributed by atoms with E-state index in [1.54, 1.807) is 6.26 Å². The quantitative estimate of drug-likeness (QED) is 0.819. The largest absolute Gasteiger partial charge is 0.363 e. The van der Waals surface area contributed by atoms with Gasteiger partial charge in [0.1, 0.15) is 6.26 Å². The Kier molecular flexibility index (Phi) is 3.26. The van der Waals surface area contributed by atoms with Crippen LogP contribution in [0.25, 0.3) is 0 Å². The molecule has 1 saturated heterocycles. The summed E-state index contributed by atoms with van der Waals surface area (Å²) in [5, 5.41) is 7.45. The van der Waals surface area contributed by atoms with Crippen molar-refractivity contribution < 1.29 is 4.52 Å². The average molecular weight is 209 g/mol. The summed E-state index contributed by atoms with van der Waals surface area (Å²) >= 11 is 0. The Morgan fingerprint density at radius 3 is 3.20 bits per heavy atom. The Bertz CT molecular complexity index is 284. The second-order valence-electron chi connectivity index (χ2n) is 4.54. The SMILES string of the molecule is CC(C)CC1CNCCN1c1ccon1. The lowest BCUT2D eigenvalue weighted by atomic mass is 10.0. The molecule has 2 rings (SSSR count). The van der Waals surface area contributed by atoms with Crippen LogP contribution in [0.3, 0.4) is 0 Å². The molecule has 4 heteroatoms. The van der Waals surface area contributed by atoms with Gasteiger partial charge in [-0.25, -0.2) is 0 Å². The van der Waals surface area contributed by atoms with E-state index >= 15 is 0 Å². The smallest absolute Gasteiger partial charge is 0.172 e. The van der Waals surface area contributed by atoms with E-state index < -0.39 is 0 Å². The van der Waals surface area contributed by atoms with E-state index in [0.29, 0.717) is 12.0 Å². The zero-order valence-corrected chi connectivity index (χ0v) is 9.44. The van der Waals surface area contributed by atoms with E-state index in [9.17, 15) is 0 Å². The van der Waals surface area contributed by atoms with Gasteiger partial charge in [0.25, 0.3) is 0 Å². The van der Waals surface area contributed by atoms with Crippen LogP contribution in [-0.4, -0.2) is 30.8 Å². The number of nitrogens with one attached hydrogen (secondary N) is 1. The summed E-state index contributed by atoms with van der Waals surface area (Å²) in [6.45, 7) is 7.61. The summed E-state index contributed by atoms with van der Waals surface area (Å²) in [4.78, 5) is 2.35. The summed E-state index contributed by atoms with van der Waals surface area (Å²) in [7, 11) is 0. The first-order chi connectivity index (χ1) is 7.27. The van der Waals surface area contributed by atoms with Crippen molar-refractivity contribution in [3.05, 3.63) is 12.3 Å². The third-order valence-corrected chi connectivity index (χ3v) is 2.81. The van der Waals surface area contributed by atoms with Crippen molar-refractivity contribution in [2.75, 3.05) is 24.5 Å². The third-order valence-electron chi connectivity index (χ3n) is 2.81. The Balaban J connectivity index is 2.06. The highest BCUT2D eigenvalue weighted by Crippen LogP contribution is 2.20. The predicted octanol–water partition coefficient (Wildman–Crippen LogP) is 1.50. The highest BCUT2D eigenvalue weighted by molar-refractivity contribution is 5.38. The lowest BCUT2D eigenvalue weighted by Crippen LogP contribution is -2.52. The monoisotopic (exact) mass is 209 g/mol. The minimum absolute atomic E-state index is 0.545. The molecule has 1 N–H and O–H groups in total. The Morgan fingerprint density at radius 2 is 2.53 bits per heavy atom. The molecule has 0 bridgehead atoms. The maximum Gasteiger partial charge on any atom is 0.172 e. The van der Waals surface area contributed by atoms with Crippen molar-refractivity contribution >= 4 is 5.82 Å². The van der Waals surface area contributed by atoms with Crippen LogP contribution in [0, 0.1) is 5.92 Å². The molecule has 1 aliphatic rings. The van der Waals surface area contributed by atoms with Crippen LogP contribution >= 0.6 is 0 Å². The second-order valence-corrected chi connectivity index (χ2v) is 4.54. The Labute approximate surface area is 90.6 Å². The minimum Gasteiger partial charge on any atom is -0.363 e. The molecule has 1 fully saturated rings. The molecule has 0 spiro atoms. The van der Waals surface area contributed by atoms with Crippen molar-refractivity contribution in [1.29, 1.82) is 0 Å². The number of anilines is 1. The maximum atomic E-state index is 4.91. The van der Waals surface area contributed by atoms with Crippen molar-refractivity contribution in [2.24, 2.45) is 5.92 Å². The van der Waals surface area contributed by atoms with Crippen LogP contribution in [0.1, 0.15) is 20.3 Å². The van der Waals surface area contributed by atoms with E-state index in [-0.39, 0.29) is 0 Å². The molecular formula is C11H19N3O. The van der Waals surface area contributed by atoms with Crippen LogP contribution in [0.15, 0.2) is 16.9 Å². The van der Waals surface area contributed by atoms with Crippen LogP contribution in [0.4, 0.5) is 5.82 Å². The van der Waals surface area contributed by atoms with Crippen LogP contribution in [0.5, 0.6) is 0 Å². The fourth-order valence-corrected chi connectivity index (χ4v) is 2.17. The predicted molar refractivity (Wildman–Crippen MR) is 60.0 cm³/mol. The molecule has 15 heavy (non-hydrogen) atoms. The van der Waals surface area contributed by atoms with Crippen molar-refractivity contribution in [2.45, 2.75) is 26.3 Å². The zero-order chi connectivity index (χ0) is 10.7. The second kappa shape index (κ2) is 4.66. The molecule has 0 radical (unpaired) electrons. The van der Waals surface area contributed by atoms with Gasteiger partial charge in [0.15, 0.2) is 5.82 Å². The van der Waals surface area contributed by atoms with E-state index in [2.05, 4.69) is 29.2 Å². The first-order valence-electron chi connectivity index (χ1n) is 5.65. The Morgan fingerprint density at radius 1 is 1.67 bits per heavy atom. The average Bonchev–Trinajstić information content (AvgIpc) is 2.70. The molecule has 4 nitrogen and oxygen atoms in total. The minimum atomic E-state index is 0.545. The Hall–Kier alpha value is -1.03. The molecule has 1 unspecified atom stereocenters. The van der Waals surface area contributed by atoms with Crippen LogP contribution in [-0.2, 0) is 0 Å². The molecule has 84 valence electrons. The zero-order valence-electron chi connectivity index (χ0n) is 9.44. The van der Waals surface area contributed by atoms with Gasteiger partial charge in [-0.3, -0.25) is 0 Å². The maximum absolute atomic E-state index is 4.91. The normalized spacial score (nSPS) is 22.3. The van der Waals surface area contributed by atoms with E-state index in [4.69, 9.17) is 4.52 Å². The van der Waals surface area contributed by atoms with Gasteiger partial charge >= 0.3 is 0 Å². The third kappa shape index (κ3) is 2.50. The van der Waals surface area contributed by atoms with Gasteiger partial charge in [-0.15, -0.1) is 0 Å². The summed E-state index contributed by atoms with van der Waals surface area (Å²) in [6, 6.07) is 2.49. The molecule has 0 saturated carbocycles.